The largest absolute Gasteiger partial charge is 0.504 e. The van der Waals surface area contributed by atoms with Gasteiger partial charge in [0.2, 0.25) is 0 Å². The van der Waals surface area contributed by atoms with E-state index in [-0.39, 0.29) is 40.8 Å². The van der Waals surface area contributed by atoms with E-state index in [2.05, 4.69) is 0 Å². The molecule has 0 saturated heterocycles. The number of rotatable bonds is 13. The predicted octanol–water partition coefficient (Wildman–Crippen LogP) is 8.19. The van der Waals surface area contributed by atoms with Crippen molar-refractivity contribution in [1.82, 2.24) is 0 Å². The van der Waals surface area contributed by atoms with Gasteiger partial charge in [0.05, 0.1) is 30.8 Å². The molecule has 7 rings (SSSR count). The highest BCUT2D eigenvalue weighted by atomic mass is 32.2. The molecule has 0 aromatic heterocycles. The quantitative estimate of drug-likeness (QED) is 0.0600. The molecule has 2 unspecified atom stereocenters. The molecular weight excluding hydrogens is 852 g/mol. The van der Waals surface area contributed by atoms with E-state index in [0.717, 1.165) is 34.4 Å². The van der Waals surface area contributed by atoms with Gasteiger partial charge in [0.1, 0.15) is 19.3 Å². The summed E-state index contributed by atoms with van der Waals surface area (Å²) in [4.78, 5) is 0.0396. The van der Waals surface area contributed by atoms with Gasteiger partial charge in [-0.1, -0.05) is 78.4 Å². The summed E-state index contributed by atoms with van der Waals surface area (Å²) >= 11 is 0. The minimum absolute atomic E-state index is 0.00132. The molecule has 6 atom stereocenters. The lowest BCUT2D eigenvalue weighted by atomic mass is 9.85. The Balaban J connectivity index is 0.000000207. The smallest absolute Gasteiger partial charge is 0.296 e. The van der Waals surface area contributed by atoms with Crippen LogP contribution in [0.3, 0.4) is 0 Å². The summed E-state index contributed by atoms with van der Waals surface area (Å²) in [6.45, 7) is 1.63. The summed E-state index contributed by atoms with van der Waals surface area (Å²) in [5, 5.41) is 33.1. The summed E-state index contributed by atoms with van der Waals surface area (Å²) in [6, 6.07) is 27.9. The van der Waals surface area contributed by atoms with Crippen molar-refractivity contribution in [3.63, 3.8) is 0 Å². The third-order valence-corrected chi connectivity index (χ3v) is 15.7. The van der Waals surface area contributed by atoms with Crippen LogP contribution in [0.25, 0.3) is 0 Å². The van der Waals surface area contributed by atoms with E-state index in [9.17, 15) is 45.9 Å². The van der Waals surface area contributed by atoms with Crippen molar-refractivity contribution in [3.05, 3.63) is 138 Å². The lowest BCUT2D eigenvalue weighted by molar-refractivity contribution is -0.0437. The standard InChI is InChI=1S/C25H25F2O4P.C21H24F2O6S/c26-20-14-22(28)24(15-21(20)27)31-23-13-7-8-17(25(23)29)16-32(30,18-9-3-1-4-10-18)19-11-5-2-6-12-19;1-13-6-8-15(9-7-13)30(25,26)28-12-14-4-3-5-18(21(14)24)29-20-11-17(23)16(22)10-19(20)27-2/h1-6,9-12,14-15,17,23,25,28-29H,7-8,13,16H2;6-11,14,18,21,24H,3-5,12H2,1-2H3/t17-,23?,25-;14-,18?,21-/m11/s1. The number of hydrogen-bond donors (Lipinski definition) is 3. The zero-order chi connectivity index (χ0) is 44.6. The fourth-order valence-electron chi connectivity index (χ4n) is 7.77. The minimum Gasteiger partial charge on any atom is -0.504 e. The molecule has 2 saturated carbocycles. The first-order valence-corrected chi connectivity index (χ1v) is 23.5. The van der Waals surface area contributed by atoms with Gasteiger partial charge in [0, 0.05) is 47.0 Å². The average Bonchev–Trinajstić information content (AvgIpc) is 3.26. The van der Waals surface area contributed by atoms with Crippen LogP contribution in [0, 0.1) is 42.0 Å². The Kier molecular flexibility index (Phi) is 15.4. The first-order valence-electron chi connectivity index (χ1n) is 20.2. The maximum absolute atomic E-state index is 14.3. The lowest BCUT2D eigenvalue weighted by Crippen LogP contribution is -2.43. The van der Waals surface area contributed by atoms with Gasteiger partial charge in [-0.2, -0.15) is 8.42 Å². The predicted molar refractivity (Wildman–Crippen MR) is 225 cm³/mol. The van der Waals surface area contributed by atoms with Gasteiger partial charge in [0.15, 0.2) is 46.3 Å². The van der Waals surface area contributed by atoms with Gasteiger partial charge < -0.3 is 34.1 Å². The molecule has 5 aromatic carbocycles. The molecule has 0 radical (unpaired) electrons. The number of halogens is 4. The summed E-state index contributed by atoms with van der Waals surface area (Å²) in [5.41, 5.74) is 0.921. The molecule has 16 heteroatoms. The fourth-order valence-corrected chi connectivity index (χ4v) is 11.8. The number of aliphatic hydroxyl groups excluding tert-OH is 2. The Labute approximate surface area is 358 Å². The van der Waals surface area contributed by atoms with Gasteiger partial charge >= 0.3 is 0 Å². The number of hydrogen-bond acceptors (Lipinski definition) is 10. The monoisotopic (exact) mass is 900 g/mol. The zero-order valence-electron chi connectivity index (χ0n) is 34.1. The zero-order valence-corrected chi connectivity index (χ0v) is 35.8. The van der Waals surface area contributed by atoms with Crippen molar-refractivity contribution in [2.75, 3.05) is 19.9 Å². The number of methoxy groups -OCH3 is 1. The van der Waals surface area contributed by atoms with E-state index < -0.39 is 76.6 Å². The lowest BCUT2D eigenvalue weighted by Gasteiger charge is -2.36. The maximum atomic E-state index is 14.3. The third-order valence-electron chi connectivity index (χ3n) is 11.2. The SMILES string of the molecule is COc1cc(F)c(F)cc1OC1CCC[C@H](COS(=O)(=O)c2ccc(C)cc2)[C@H]1O.O=P(C[C@H]1CCCC(Oc2cc(F)c(F)cc2O)[C@@H]1O)(c1ccccc1)c1ccccc1. The van der Waals surface area contributed by atoms with Gasteiger partial charge in [-0.15, -0.1) is 0 Å². The normalized spacial score (nSPS) is 21.6. The Morgan fingerprint density at radius 3 is 1.66 bits per heavy atom. The van der Waals surface area contributed by atoms with Crippen molar-refractivity contribution in [1.29, 1.82) is 0 Å². The Morgan fingerprint density at radius 2 is 1.11 bits per heavy atom. The van der Waals surface area contributed by atoms with E-state index in [4.69, 9.17) is 18.4 Å². The van der Waals surface area contributed by atoms with E-state index in [1.807, 2.05) is 67.6 Å². The minimum atomic E-state index is -3.96. The second-order valence-corrected chi connectivity index (χ2v) is 20.0. The second kappa shape index (κ2) is 20.5. The highest BCUT2D eigenvalue weighted by Gasteiger charge is 2.40. The highest BCUT2D eigenvalue weighted by Crippen LogP contribution is 2.48. The van der Waals surface area contributed by atoms with E-state index in [1.165, 1.54) is 19.2 Å². The average molecular weight is 901 g/mol. The number of aryl methyl sites for hydroxylation is 1. The summed E-state index contributed by atoms with van der Waals surface area (Å²) in [5.74, 6) is -6.10. The number of aliphatic hydroxyl groups is 2. The molecule has 0 aliphatic heterocycles. The molecule has 2 aliphatic rings. The number of benzene rings is 5. The molecule has 2 fully saturated rings. The molecule has 3 N–H and O–H groups in total. The van der Waals surface area contributed by atoms with Crippen molar-refractivity contribution in [2.45, 2.75) is 74.8 Å². The third kappa shape index (κ3) is 11.2. The first kappa shape index (κ1) is 46.6. The van der Waals surface area contributed by atoms with Crippen LogP contribution < -0.4 is 24.8 Å². The van der Waals surface area contributed by atoms with Crippen molar-refractivity contribution < 1.29 is 64.3 Å². The van der Waals surface area contributed by atoms with Crippen molar-refractivity contribution >= 4 is 27.9 Å². The molecule has 2 aliphatic carbocycles. The van der Waals surface area contributed by atoms with Crippen LogP contribution in [0.5, 0.6) is 23.0 Å². The van der Waals surface area contributed by atoms with Crippen LogP contribution in [0.4, 0.5) is 17.6 Å². The molecular formula is C46H49F4O10PS. The van der Waals surface area contributed by atoms with Crippen LogP contribution in [-0.2, 0) is 18.9 Å². The molecule has 62 heavy (non-hydrogen) atoms. The van der Waals surface area contributed by atoms with Crippen molar-refractivity contribution in [2.24, 2.45) is 11.8 Å². The van der Waals surface area contributed by atoms with Crippen LogP contribution >= 0.6 is 7.14 Å². The van der Waals surface area contributed by atoms with Crippen LogP contribution in [0.1, 0.15) is 44.1 Å². The van der Waals surface area contributed by atoms with Gasteiger partial charge in [0.25, 0.3) is 10.1 Å². The topological polar surface area (TPSA) is 149 Å². The van der Waals surface area contributed by atoms with Crippen molar-refractivity contribution in [3.8, 4) is 23.0 Å². The first-order chi connectivity index (χ1) is 29.6. The second-order valence-electron chi connectivity index (χ2n) is 15.5. The molecule has 0 heterocycles. The number of phenols is 1. The van der Waals surface area contributed by atoms with Gasteiger partial charge in [-0.05, 0) is 63.5 Å². The number of phenolic OH excluding ortho intramolecular Hbond substituents is 1. The van der Waals surface area contributed by atoms with Crippen LogP contribution in [0.15, 0.2) is 114 Å². The molecule has 332 valence electrons. The maximum Gasteiger partial charge on any atom is 0.296 e. The summed E-state index contributed by atoms with van der Waals surface area (Å²) in [6.07, 6.45) is 0.257. The molecule has 0 spiro atoms. The molecule has 0 bridgehead atoms. The Bertz CT molecular complexity index is 2380. The number of ether oxygens (including phenoxy) is 3. The van der Waals surface area contributed by atoms with E-state index >= 15 is 0 Å². The summed E-state index contributed by atoms with van der Waals surface area (Å²) in [7, 11) is -5.70. The van der Waals surface area contributed by atoms with Gasteiger partial charge in [-0.3, -0.25) is 4.18 Å². The molecule has 0 amide bonds. The molecule has 5 aromatic rings. The van der Waals surface area contributed by atoms with E-state index in [1.54, 1.807) is 12.1 Å². The summed E-state index contributed by atoms with van der Waals surface area (Å²) < 4.78 is 115. The van der Waals surface area contributed by atoms with Crippen LogP contribution in [-0.4, -0.2) is 68.0 Å². The van der Waals surface area contributed by atoms with E-state index in [0.29, 0.717) is 44.6 Å². The van der Waals surface area contributed by atoms with Crippen LogP contribution in [0.2, 0.25) is 0 Å². The van der Waals surface area contributed by atoms with Gasteiger partial charge in [-0.25, -0.2) is 17.6 Å². The Morgan fingerprint density at radius 1 is 0.645 bits per heavy atom. The molecule has 10 nitrogen and oxygen atoms in total. The fraction of sp³-hybridized carbons (Fsp3) is 0.348. The Hall–Kier alpha value is -4.92. The number of aromatic hydroxyl groups is 1. The highest BCUT2D eigenvalue weighted by molar-refractivity contribution is 7.86.